The second-order valence-electron chi connectivity index (χ2n) is 7.62. The molecular formula is C21H20N4O4. The first-order valence-electron chi connectivity index (χ1n) is 9.35. The van der Waals surface area contributed by atoms with Gasteiger partial charge in [0.2, 0.25) is 0 Å². The van der Waals surface area contributed by atoms with E-state index in [1.807, 2.05) is 24.3 Å². The van der Waals surface area contributed by atoms with E-state index in [2.05, 4.69) is 9.97 Å². The largest absolute Gasteiger partial charge is 0.481 e. The van der Waals surface area contributed by atoms with Gasteiger partial charge in [-0.1, -0.05) is 26.0 Å². The lowest BCUT2D eigenvalue weighted by molar-refractivity contribution is -0.142. The van der Waals surface area contributed by atoms with Crippen molar-refractivity contribution in [3.63, 3.8) is 0 Å². The van der Waals surface area contributed by atoms with E-state index in [0.29, 0.717) is 11.4 Å². The molecule has 1 heterocycles. The van der Waals surface area contributed by atoms with Crippen LogP contribution in [0.15, 0.2) is 17.7 Å². The number of aromatic nitrogens is 2. The Labute approximate surface area is 167 Å². The molecule has 0 fully saturated rings. The van der Waals surface area contributed by atoms with Crippen LogP contribution in [0.3, 0.4) is 0 Å². The summed E-state index contributed by atoms with van der Waals surface area (Å²) in [5, 5.41) is 37.9. The van der Waals surface area contributed by atoms with E-state index in [9.17, 15) is 30.3 Å². The van der Waals surface area contributed by atoms with E-state index < -0.39 is 29.2 Å². The Balaban J connectivity index is 2.32. The minimum absolute atomic E-state index is 0.0922. The maximum atomic E-state index is 11.7. The molecule has 2 unspecified atom stereocenters. The summed E-state index contributed by atoms with van der Waals surface area (Å²) in [7, 11) is 0. The normalized spacial score (nSPS) is 21.5. The summed E-state index contributed by atoms with van der Waals surface area (Å²) in [6, 6.07) is 3.77. The minimum Gasteiger partial charge on any atom is -0.481 e. The first kappa shape index (κ1) is 20.2. The standard InChI is InChI=1S/C21H20N4O4/c1-11(19(26)27)7-21(8-12(2)20(28)29)14-6-4-3-5-13(14)17-18(21)25-16(10-23)15(9-22)24-17/h5-6,11-12H,3-4,7-8H2,1-2H3,(H,26,27)(H,28,29). The lowest BCUT2D eigenvalue weighted by atomic mass is 9.68. The van der Waals surface area contributed by atoms with Crippen LogP contribution in [0.25, 0.3) is 5.57 Å². The Morgan fingerprint density at radius 3 is 2.07 bits per heavy atom. The number of carboxylic acid groups (broad SMARTS) is 2. The number of nitriles is 2. The molecule has 0 saturated heterocycles. The van der Waals surface area contributed by atoms with E-state index in [4.69, 9.17) is 0 Å². The fraction of sp³-hybridized carbons (Fsp3) is 0.429. The fourth-order valence-electron chi connectivity index (χ4n) is 4.31. The molecule has 0 aliphatic heterocycles. The number of rotatable bonds is 6. The Morgan fingerprint density at radius 1 is 1.03 bits per heavy atom. The monoisotopic (exact) mass is 392 g/mol. The maximum Gasteiger partial charge on any atom is 0.306 e. The van der Waals surface area contributed by atoms with E-state index >= 15 is 0 Å². The number of hydrogen-bond donors (Lipinski definition) is 2. The molecule has 8 nitrogen and oxygen atoms in total. The molecule has 1 aromatic rings. The van der Waals surface area contributed by atoms with Crippen LogP contribution >= 0.6 is 0 Å². The molecule has 2 N–H and O–H groups in total. The summed E-state index contributed by atoms with van der Waals surface area (Å²) in [5.41, 5.74) is 1.18. The van der Waals surface area contributed by atoms with Crippen LogP contribution < -0.4 is 0 Å². The fourth-order valence-corrected chi connectivity index (χ4v) is 4.31. The highest BCUT2D eigenvalue weighted by atomic mass is 16.4. The number of hydrogen-bond acceptors (Lipinski definition) is 6. The van der Waals surface area contributed by atoms with Gasteiger partial charge in [0.05, 0.1) is 23.2 Å². The molecule has 0 radical (unpaired) electrons. The van der Waals surface area contributed by atoms with Crippen LogP contribution in [0.2, 0.25) is 0 Å². The number of carbonyl (C=O) groups is 2. The predicted octanol–water partition coefficient (Wildman–Crippen LogP) is 2.80. The van der Waals surface area contributed by atoms with Crippen molar-refractivity contribution in [2.45, 2.75) is 44.9 Å². The van der Waals surface area contributed by atoms with Gasteiger partial charge in [0.15, 0.2) is 11.4 Å². The Bertz CT molecular complexity index is 1020. The van der Waals surface area contributed by atoms with Crippen molar-refractivity contribution in [1.82, 2.24) is 9.97 Å². The van der Waals surface area contributed by atoms with E-state index in [0.717, 1.165) is 24.0 Å². The van der Waals surface area contributed by atoms with Gasteiger partial charge in [-0.3, -0.25) is 9.59 Å². The van der Waals surface area contributed by atoms with Crippen molar-refractivity contribution in [3.8, 4) is 12.1 Å². The summed E-state index contributed by atoms with van der Waals surface area (Å²) >= 11 is 0. The van der Waals surface area contributed by atoms with Gasteiger partial charge in [-0.05, 0) is 31.3 Å². The molecule has 0 spiro atoms. The van der Waals surface area contributed by atoms with Crippen LogP contribution in [-0.2, 0) is 15.0 Å². The van der Waals surface area contributed by atoms with Gasteiger partial charge < -0.3 is 10.2 Å². The maximum absolute atomic E-state index is 11.7. The highest BCUT2D eigenvalue weighted by Gasteiger charge is 2.51. The van der Waals surface area contributed by atoms with Crippen molar-refractivity contribution < 1.29 is 19.8 Å². The van der Waals surface area contributed by atoms with Gasteiger partial charge in [-0.2, -0.15) is 10.5 Å². The molecule has 0 amide bonds. The Morgan fingerprint density at radius 2 is 1.55 bits per heavy atom. The highest BCUT2D eigenvalue weighted by Crippen LogP contribution is 2.56. The van der Waals surface area contributed by atoms with Crippen LogP contribution in [0.5, 0.6) is 0 Å². The molecule has 29 heavy (non-hydrogen) atoms. The summed E-state index contributed by atoms with van der Waals surface area (Å²) in [6.07, 6.45) is 5.69. The average molecular weight is 392 g/mol. The number of carboxylic acids is 2. The number of allylic oxidation sites excluding steroid dienone is 4. The predicted molar refractivity (Wildman–Crippen MR) is 101 cm³/mol. The lowest BCUT2D eigenvalue weighted by Crippen LogP contribution is -2.35. The molecular weight excluding hydrogens is 372 g/mol. The van der Waals surface area contributed by atoms with Gasteiger partial charge in [0.1, 0.15) is 12.1 Å². The third kappa shape index (κ3) is 3.27. The zero-order chi connectivity index (χ0) is 21.3. The zero-order valence-corrected chi connectivity index (χ0v) is 16.1. The highest BCUT2D eigenvalue weighted by molar-refractivity contribution is 5.89. The number of aliphatic carboxylic acids is 2. The lowest BCUT2D eigenvalue weighted by Gasteiger charge is -2.35. The molecule has 148 valence electrons. The molecule has 0 saturated carbocycles. The Kier molecular flexibility index (Phi) is 5.21. The summed E-state index contributed by atoms with van der Waals surface area (Å²) in [6.45, 7) is 3.14. The summed E-state index contributed by atoms with van der Waals surface area (Å²) in [5.74, 6) is -3.53. The average Bonchev–Trinajstić information content (AvgIpc) is 2.96. The van der Waals surface area contributed by atoms with Crippen LogP contribution in [0, 0.1) is 34.5 Å². The molecule has 1 aromatic heterocycles. The molecule has 0 aromatic carbocycles. The van der Waals surface area contributed by atoms with Crippen molar-refractivity contribution in [1.29, 1.82) is 10.5 Å². The van der Waals surface area contributed by atoms with Gasteiger partial charge in [-0.15, -0.1) is 0 Å². The van der Waals surface area contributed by atoms with Crippen LogP contribution in [0.1, 0.15) is 62.3 Å². The molecule has 2 aliphatic carbocycles. The van der Waals surface area contributed by atoms with E-state index in [-0.39, 0.29) is 24.2 Å². The molecule has 8 heteroatoms. The van der Waals surface area contributed by atoms with Crippen molar-refractivity contribution in [2.75, 3.05) is 0 Å². The quantitative estimate of drug-likeness (QED) is 0.751. The second kappa shape index (κ2) is 7.48. The molecule has 0 bridgehead atoms. The van der Waals surface area contributed by atoms with Crippen molar-refractivity contribution in [3.05, 3.63) is 40.5 Å². The number of fused-ring (bicyclic) bond motifs is 3. The minimum atomic E-state index is -0.996. The van der Waals surface area contributed by atoms with Gasteiger partial charge in [0, 0.05) is 11.0 Å². The van der Waals surface area contributed by atoms with E-state index in [1.54, 1.807) is 13.8 Å². The van der Waals surface area contributed by atoms with E-state index in [1.165, 1.54) is 0 Å². The first-order valence-corrected chi connectivity index (χ1v) is 9.35. The molecule has 3 rings (SSSR count). The molecule has 2 aliphatic rings. The van der Waals surface area contributed by atoms with Gasteiger partial charge >= 0.3 is 11.9 Å². The number of nitrogens with zero attached hydrogens (tertiary/aromatic N) is 4. The first-order chi connectivity index (χ1) is 13.7. The van der Waals surface area contributed by atoms with Crippen LogP contribution in [-0.4, -0.2) is 32.1 Å². The SMILES string of the molecule is CC(CC1(CC(C)C(=O)O)C2=CCCC=C2c2nc(C#N)c(C#N)nc21)C(=O)O. The van der Waals surface area contributed by atoms with Crippen molar-refractivity contribution >= 4 is 17.5 Å². The smallest absolute Gasteiger partial charge is 0.306 e. The third-order valence-corrected chi connectivity index (χ3v) is 5.64. The topological polar surface area (TPSA) is 148 Å². The zero-order valence-electron chi connectivity index (χ0n) is 16.1. The van der Waals surface area contributed by atoms with Crippen LogP contribution in [0.4, 0.5) is 0 Å². The van der Waals surface area contributed by atoms with Crippen molar-refractivity contribution in [2.24, 2.45) is 11.8 Å². The van der Waals surface area contributed by atoms with Gasteiger partial charge in [-0.25, -0.2) is 9.97 Å². The Hall–Kier alpha value is -3.52. The third-order valence-electron chi connectivity index (χ3n) is 5.64. The summed E-state index contributed by atoms with van der Waals surface area (Å²) in [4.78, 5) is 32.1. The van der Waals surface area contributed by atoms with Gasteiger partial charge in [0.25, 0.3) is 0 Å². The summed E-state index contributed by atoms with van der Waals surface area (Å²) < 4.78 is 0. The molecule has 2 atom stereocenters. The second-order valence-corrected chi connectivity index (χ2v) is 7.62.